The summed E-state index contributed by atoms with van der Waals surface area (Å²) >= 11 is 0. The van der Waals surface area contributed by atoms with Crippen molar-refractivity contribution in [3.63, 3.8) is 0 Å². The van der Waals surface area contributed by atoms with Crippen molar-refractivity contribution in [1.29, 1.82) is 0 Å². The summed E-state index contributed by atoms with van der Waals surface area (Å²) < 4.78 is 0. The van der Waals surface area contributed by atoms with Crippen LogP contribution in [0.3, 0.4) is 0 Å². The molecule has 0 fully saturated rings. The van der Waals surface area contributed by atoms with Gasteiger partial charge in [0.15, 0.2) is 0 Å². The smallest absolute Gasteiger partial charge is 0.315 e. The van der Waals surface area contributed by atoms with Crippen LogP contribution < -0.4 is 21.1 Å². The van der Waals surface area contributed by atoms with Crippen LogP contribution in [0.2, 0.25) is 0 Å². The molecule has 0 spiro atoms. The summed E-state index contributed by atoms with van der Waals surface area (Å²) in [5, 5.41) is 18.5. The number of benzene rings is 1. The second-order valence-electron chi connectivity index (χ2n) is 7.02. The number of rotatable bonds is 6. The van der Waals surface area contributed by atoms with Gasteiger partial charge in [-0.2, -0.15) is 0 Å². The van der Waals surface area contributed by atoms with E-state index in [1.165, 1.54) is 6.20 Å². The molecule has 0 radical (unpaired) electrons. The Morgan fingerprint density at radius 3 is 2.68 bits per heavy atom. The van der Waals surface area contributed by atoms with Crippen LogP contribution in [0.5, 0.6) is 0 Å². The predicted octanol–water partition coefficient (Wildman–Crippen LogP) is 2.16. The molecule has 1 aromatic rings. The molecule has 1 aromatic carbocycles. The third-order valence-corrected chi connectivity index (χ3v) is 3.70. The van der Waals surface area contributed by atoms with E-state index in [2.05, 4.69) is 16.1 Å². The van der Waals surface area contributed by atoms with Crippen molar-refractivity contribution in [2.24, 2.45) is 0 Å². The summed E-state index contributed by atoms with van der Waals surface area (Å²) in [6.07, 6.45) is 1.78. The highest BCUT2D eigenvalue weighted by Crippen LogP contribution is 2.27. The van der Waals surface area contributed by atoms with Gasteiger partial charge in [-0.1, -0.05) is 18.2 Å². The van der Waals surface area contributed by atoms with Crippen LogP contribution in [-0.4, -0.2) is 29.1 Å². The highest BCUT2D eigenvalue weighted by Gasteiger charge is 2.26. The third kappa shape index (κ3) is 5.18. The lowest BCUT2D eigenvalue weighted by molar-refractivity contribution is -0.427. The van der Waals surface area contributed by atoms with Gasteiger partial charge in [-0.05, 0) is 39.3 Å². The van der Waals surface area contributed by atoms with Crippen LogP contribution in [0.1, 0.15) is 33.3 Å². The molecular weight excluding hydrogens is 322 g/mol. The van der Waals surface area contributed by atoms with Crippen molar-refractivity contribution < 1.29 is 9.72 Å². The molecule has 0 saturated carbocycles. The van der Waals surface area contributed by atoms with Crippen LogP contribution in [0.25, 0.3) is 0 Å². The number of allylic oxidation sites excluding steroid dienone is 1. The van der Waals surface area contributed by atoms with E-state index in [0.29, 0.717) is 13.0 Å². The number of hydrogen-bond donors (Lipinski definition) is 3. The number of hydrogen-bond acceptors (Lipinski definition) is 5. The molecule has 1 aliphatic heterocycles. The molecular formula is C17H25N5O3. The number of anilines is 1. The normalized spacial score (nSPS) is 14.0. The Balaban J connectivity index is 2.08. The quantitative estimate of drug-likeness (QED) is 0.541. The number of amides is 2. The lowest BCUT2D eigenvalue weighted by atomic mass is 10.0. The molecule has 2 amide bonds. The van der Waals surface area contributed by atoms with Gasteiger partial charge in [0.05, 0.1) is 28.8 Å². The first-order chi connectivity index (χ1) is 11.7. The zero-order chi connectivity index (χ0) is 18.6. The van der Waals surface area contributed by atoms with Crippen LogP contribution in [0, 0.1) is 10.1 Å². The van der Waals surface area contributed by atoms with E-state index in [4.69, 9.17) is 0 Å². The minimum Gasteiger partial charge on any atom is -0.336 e. The summed E-state index contributed by atoms with van der Waals surface area (Å²) in [6, 6.07) is 7.33. The molecule has 2 rings (SSSR count). The first-order valence-corrected chi connectivity index (χ1v) is 8.22. The van der Waals surface area contributed by atoms with Gasteiger partial charge in [0, 0.05) is 12.6 Å². The Morgan fingerprint density at radius 2 is 2.04 bits per heavy atom. The highest BCUT2D eigenvalue weighted by atomic mass is 16.6. The first-order valence-electron chi connectivity index (χ1n) is 8.22. The predicted molar refractivity (Wildman–Crippen MR) is 96.6 cm³/mol. The average molecular weight is 347 g/mol. The first kappa shape index (κ1) is 18.7. The van der Waals surface area contributed by atoms with Crippen molar-refractivity contribution in [3.8, 4) is 0 Å². The molecule has 0 unspecified atom stereocenters. The van der Waals surface area contributed by atoms with Gasteiger partial charge < -0.3 is 10.6 Å². The maximum Gasteiger partial charge on any atom is 0.315 e. The molecule has 0 aromatic heterocycles. The van der Waals surface area contributed by atoms with Gasteiger partial charge in [-0.3, -0.25) is 15.1 Å². The van der Waals surface area contributed by atoms with Crippen LogP contribution >= 0.6 is 0 Å². The Bertz CT molecular complexity index is 685. The molecule has 1 aliphatic rings. The number of fused-ring (bicyclic) bond motifs is 1. The number of para-hydroxylation sites is 1. The summed E-state index contributed by atoms with van der Waals surface area (Å²) in [5.41, 5.74) is 4.50. The van der Waals surface area contributed by atoms with E-state index < -0.39 is 5.54 Å². The van der Waals surface area contributed by atoms with E-state index in [0.717, 1.165) is 11.3 Å². The third-order valence-electron chi connectivity index (χ3n) is 3.70. The highest BCUT2D eigenvalue weighted by molar-refractivity contribution is 5.75. The van der Waals surface area contributed by atoms with Gasteiger partial charge in [0.1, 0.15) is 0 Å². The average Bonchev–Trinajstić information content (AvgIpc) is 2.50. The molecule has 0 atom stereocenters. The summed E-state index contributed by atoms with van der Waals surface area (Å²) in [7, 11) is 0. The second kappa shape index (κ2) is 7.52. The number of carbonyl (C=O) groups is 1. The molecule has 8 nitrogen and oxygen atoms in total. The number of nitrogens with one attached hydrogen (secondary N) is 3. The fraction of sp³-hybridized carbons (Fsp3) is 0.471. The van der Waals surface area contributed by atoms with Crippen molar-refractivity contribution in [2.75, 3.05) is 11.6 Å². The van der Waals surface area contributed by atoms with Crippen LogP contribution in [0.4, 0.5) is 10.5 Å². The molecule has 25 heavy (non-hydrogen) atoms. The van der Waals surface area contributed by atoms with Crippen molar-refractivity contribution >= 4 is 11.7 Å². The lowest BCUT2D eigenvalue weighted by Crippen LogP contribution is -2.56. The minimum atomic E-state index is -0.548. The van der Waals surface area contributed by atoms with Crippen molar-refractivity contribution in [1.82, 2.24) is 16.1 Å². The lowest BCUT2D eigenvalue weighted by Gasteiger charge is -2.32. The van der Waals surface area contributed by atoms with Crippen LogP contribution in [0.15, 0.2) is 36.2 Å². The van der Waals surface area contributed by atoms with Gasteiger partial charge in [-0.15, -0.1) is 0 Å². The number of nitro groups is 1. The molecule has 0 saturated heterocycles. The van der Waals surface area contributed by atoms with Crippen LogP contribution in [-0.2, 0) is 6.42 Å². The molecule has 8 heteroatoms. The van der Waals surface area contributed by atoms with E-state index in [1.807, 2.05) is 52.0 Å². The van der Waals surface area contributed by atoms with Gasteiger partial charge in [-0.25, -0.2) is 10.2 Å². The van der Waals surface area contributed by atoms with Crippen molar-refractivity contribution in [3.05, 3.63) is 51.8 Å². The molecule has 1 heterocycles. The maximum absolute atomic E-state index is 11.9. The zero-order valence-corrected chi connectivity index (χ0v) is 15.0. The van der Waals surface area contributed by atoms with Gasteiger partial charge >= 0.3 is 6.03 Å². The standard InChI is InChI=1S/C17H25N5O3/c1-12(2)19-16(23)20-17(3,4)11-18-21-10-14(22(24)25)9-13-7-5-6-8-15(13)21/h5-8,10,12,18H,9,11H2,1-4H3,(H2,19,20,23). The van der Waals surface area contributed by atoms with E-state index >= 15 is 0 Å². The molecule has 0 bridgehead atoms. The number of carbonyl (C=O) groups excluding carboxylic acids is 1. The number of nitrogens with zero attached hydrogens (tertiary/aromatic N) is 2. The fourth-order valence-corrected chi connectivity index (χ4v) is 2.53. The summed E-state index contributed by atoms with van der Waals surface area (Å²) in [6.45, 7) is 7.94. The summed E-state index contributed by atoms with van der Waals surface area (Å²) in [5.74, 6) is 0. The largest absolute Gasteiger partial charge is 0.336 e. The van der Waals surface area contributed by atoms with E-state index in [1.54, 1.807) is 5.01 Å². The number of hydrazine groups is 1. The Kier molecular flexibility index (Phi) is 5.63. The van der Waals surface area contributed by atoms with Gasteiger partial charge in [0.2, 0.25) is 0 Å². The zero-order valence-electron chi connectivity index (χ0n) is 15.0. The van der Waals surface area contributed by atoms with Crippen molar-refractivity contribution in [2.45, 2.75) is 45.7 Å². The number of urea groups is 1. The Labute approximate surface area is 147 Å². The van der Waals surface area contributed by atoms with E-state index in [9.17, 15) is 14.9 Å². The SMILES string of the molecule is CC(C)NC(=O)NC(C)(C)CNN1C=C([N+](=O)[O-])Cc2ccccc21. The summed E-state index contributed by atoms with van der Waals surface area (Å²) in [4.78, 5) is 22.7. The minimum absolute atomic E-state index is 0.0447. The monoisotopic (exact) mass is 347 g/mol. The van der Waals surface area contributed by atoms with E-state index in [-0.39, 0.29) is 22.7 Å². The topological polar surface area (TPSA) is 99.5 Å². The van der Waals surface area contributed by atoms with Gasteiger partial charge in [0.25, 0.3) is 5.70 Å². The maximum atomic E-state index is 11.9. The Morgan fingerprint density at radius 1 is 1.36 bits per heavy atom. The molecule has 136 valence electrons. The second-order valence-corrected chi connectivity index (χ2v) is 7.02. The molecule has 0 aliphatic carbocycles. The Hall–Kier alpha value is -2.61. The molecule has 3 N–H and O–H groups in total. The fourth-order valence-electron chi connectivity index (χ4n) is 2.53.